The van der Waals surface area contributed by atoms with E-state index in [0.717, 1.165) is 61.6 Å². The van der Waals surface area contributed by atoms with E-state index in [9.17, 15) is 4.39 Å². The molecule has 1 fully saturated rings. The number of nitrogens with zero attached hydrogens (tertiary/aromatic N) is 4. The Kier molecular flexibility index (Phi) is 6.26. The summed E-state index contributed by atoms with van der Waals surface area (Å²) in [6.07, 6.45) is 1.50. The van der Waals surface area contributed by atoms with Crippen LogP contribution in [0.25, 0.3) is 22.3 Å². The molecule has 0 amide bonds. The number of nitrogens with one attached hydrogen (secondary N) is 2. The fraction of sp³-hybridized carbons (Fsp3) is 0.280. The lowest BCUT2D eigenvalue weighted by atomic mass is 10.1. The minimum Gasteiger partial charge on any atom is -0.340 e. The Bertz CT molecular complexity index is 1260. The molecule has 0 aliphatic carbocycles. The fourth-order valence-electron chi connectivity index (χ4n) is 4.26. The molecular weight excluding hydrogens is 439 g/mol. The van der Waals surface area contributed by atoms with E-state index in [1.807, 2.05) is 6.07 Å². The maximum Gasteiger partial charge on any atom is 0.143 e. The molecule has 5 rings (SSSR count). The van der Waals surface area contributed by atoms with Crippen LogP contribution in [-0.4, -0.2) is 57.5 Å². The summed E-state index contributed by atoms with van der Waals surface area (Å²) in [4.78, 5) is 17.2. The van der Waals surface area contributed by atoms with Gasteiger partial charge in [0.25, 0.3) is 0 Å². The van der Waals surface area contributed by atoms with E-state index >= 15 is 0 Å². The van der Waals surface area contributed by atoms with Gasteiger partial charge < -0.3 is 15.2 Å². The summed E-state index contributed by atoms with van der Waals surface area (Å²) < 4.78 is 13.5. The number of anilines is 2. The molecule has 0 radical (unpaired) electrons. The first-order chi connectivity index (χ1) is 16.1. The standard InChI is InChI=1S/C25H26ClFN6/c1-2-32-8-10-33(11-9-32)15-17-4-3-5-18(12-17)23-14-20-24(28-16-29-25(20)31-23)30-19-6-7-22(27)21(26)13-19/h3-7,12-14,16H,2,8-11,15H2,1H3,(H2,28,29,30,31). The largest absolute Gasteiger partial charge is 0.340 e. The van der Waals surface area contributed by atoms with Crippen LogP contribution in [-0.2, 0) is 6.54 Å². The molecule has 0 unspecified atom stereocenters. The average Bonchev–Trinajstić information content (AvgIpc) is 3.28. The quantitative estimate of drug-likeness (QED) is 0.405. The zero-order valence-electron chi connectivity index (χ0n) is 18.5. The van der Waals surface area contributed by atoms with Gasteiger partial charge in [0.2, 0.25) is 0 Å². The van der Waals surface area contributed by atoms with Gasteiger partial charge in [-0.05, 0) is 48.0 Å². The molecule has 0 bridgehead atoms. The summed E-state index contributed by atoms with van der Waals surface area (Å²) >= 11 is 5.92. The topological polar surface area (TPSA) is 60.1 Å². The third-order valence-corrected chi connectivity index (χ3v) is 6.45. The van der Waals surface area contributed by atoms with Crippen LogP contribution in [0.3, 0.4) is 0 Å². The van der Waals surface area contributed by atoms with Gasteiger partial charge in [-0.1, -0.05) is 36.7 Å². The predicted molar refractivity (Wildman–Crippen MR) is 131 cm³/mol. The van der Waals surface area contributed by atoms with Gasteiger partial charge in [-0.2, -0.15) is 0 Å². The van der Waals surface area contributed by atoms with E-state index in [1.165, 1.54) is 18.0 Å². The molecule has 8 heteroatoms. The second-order valence-corrected chi connectivity index (χ2v) is 8.74. The van der Waals surface area contributed by atoms with Crippen LogP contribution in [0.15, 0.2) is 54.9 Å². The molecule has 1 aliphatic heterocycles. The zero-order valence-corrected chi connectivity index (χ0v) is 19.2. The maximum absolute atomic E-state index is 13.5. The number of benzene rings is 2. The normalized spacial score (nSPS) is 15.2. The average molecular weight is 465 g/mol. The number of hydrogen-bond donors (Lipinski definition) is 2. The number of likely N-dealkylation sites (N-methyl/N-ethyl adjacent to an activating group) is 1. The van der Waals surface area contributed by atoms with Crippen molar-refractivity contribution in [2.24, 2.45) is 0 Å². The Labute approximate surface area is 197 Å². The highest BCUT2D eigenvalue weighted by Gasteiger charge is 2.16. The van der Waals surface area contributed by atoms with Crippen molar-refractivity contribution in [2.45, 2.75) is 13.5 Å². The van der Waals surface area contributed by atoms with Crippen LogP contribution >= 0.6 is 11.6 Å². The lowest BCUT2D eigenvalue weighted by molar-refractivity contribution is 0.132. The number of hydrogen-bond acceptors (Lipinski definition) is 5. The lowest BCUT2D eigenvalue weighted by Crippen LogP contribution is -2.45. The summed E-state index contributed by atoms with van der Waals surface area (Å²) in [6, 6.07) is 15.2. The van der Waals surface area contributed by atoms with Crippen LogP contribution < -0.4 is 5.32 Å². The molecule has 0 atom stereocenters. The first-order valence-electron chi connectivity index (χ1n) is 11.2. The maximum atomic E-state index is 13.5. The van der Waals surface area contributed by atoms with Crippen molar-refractivity contribution >= 4 is 34.1 Å². The number of H-pyrrole nitrogens is 1. The minimum atomic E-state index is -0.453. The van der Waals surface area contributed by atoms with Crippen molar-refractivity contribution in [3.63, 3.8) is 0 Å². The van der Waals surface area contributed by atoms with Crippen molar-refractivity contribution < 1.29 is 4.39 Å². The van der Waals surface area contributed by atoms with Gasteiger partial charge in [0.1, 0.15) is 23.6 Å². The summed E-state index contributed by atoms with van der Waals surface area (Å²) in [5.74, 6) is 0.182. The van der Waals surface area contributed by atoms with Gasteiger partial charge in [0.15, 0.2) is 0 Å². The molecule has 1 aliphatic rings. The van der Waals surface area contributed by atoms with E-state index in [-0.39, 0.29) is 5.02 Å². The highest BCUT2D eigenvalue weighted by molar-refractivity contribution is 6.31. The first kappa shape index (κ1) is 21.8. The van der Waals surface area contributed by atoms with Gasteiger partial charge in [0, 0.05) is 44.1 Å². The molecular formula is C25H26ClFN6. The minimum absolute atomic E-state index is 0.0629. The summed E-state index contributed by atoms with van der Waals surface area (Å²) in [6.45, 7) is 8.75. The van der Waals surface area contributed by atoms with Crippen molar-refractivity contribution in [1.29, 1.82) is 0 Å². The lowest BCUT2D eigenvalue weighted by Gasteiger charge is -2.34. The molecule has 3 heterocycles. The summed E-state index contributed by atoms with van der Waals surface area (Å²) in [5, 5.41) is 4.14. The van der Waals surface area contributed by atoms with Crippen molar-refractivity contribution in [3.8, 4) is 11.3 Å². The summed E-state index contributed by atoms with van der Waals surface area (Å²) in [7, 11) is 0. The van der Waals surface area contributed by atoms with E-state index in [2.05, 4.69) is 61.3 Å². The van der Waals surface area contributed by atoms with Gasteiger partial charge in [-0.3, -0.25) is 4.90 Å². The number of piperazine rings is 1. The van der Waals surface area contributed by atoms with E-state index < -0.39 is 5.82 Å². The molecule has 1 saturated heterocycles. The zero-order chi connectivity index (χ0) is 22.8. The molecule has 2 aromatic heterocycles. The molecule has 6 nitrogen and oxygen atoms in total. The van der Waals surface area contributed by atoms with Crippen LogP contribution in [0.1, 0.15) is 12.5 Å². The van der Waals surface area contributed by atoms with E-state index in [4.69, 9.17) is 11.6 Å². The Balaban J connectivity index is 1.37. The van der Waals surface area contributed by atoms with Gasteiger partial charge in [0.05, 0.1) is 10.4 Å². The Morgan fingerprint density at radius 3 is 2.64 bits per heavy atom. The van der Waals surface area contributed by atoms with Crippen molar-refractivity contribution in [3.05, 3.63) is 71.3 Å². The number of halogens is 2. The highest BCUT2D eigenvalue weighted by atomic mass is 35.5. The third kappa shape index (κ3) is 4.85. The van der Waals surface area contributed by atoms with Crippen LogP contribution in [0.5, 0.6) is 0 Å². The number of rotatable bonds is 6. The molecule has 2 aromatic carbocycles. The van der Waals surface area contributed by atoms with E-state index in [0.29, 0.717) is 11.5 Å². The van der Waals surface area contributed by atoms with Gasteiger partial charge in [-0.25, -0.2) is 14.4 Å². The van der Waals surface area contributed by atoms with Crippen molar-refractivity contribution in [2.75, 3.05) is 38.0 Å². The molecule has 2 N–H and O–H groups in total. The molecule has 0 saturated carbocycles. The van der Waals surface area contributed by atoms with Gasteiger partial charge >= 0.3 is 0 Å². The number of fused-ring (bicyclic) bond motifs is 1. The van der Waals surface area contributed by atoms with Gasteiger partial charge in [-0.15, -0.1) is 0 Å². The van der Waals surface area contributed by atoms with Crippen LogP contribution in [0.4, 0.5) is 15.9 Å². The SMILES string of the molecule is CCN1CCN(Cc2cccc(-c3cc4c(Nc5ccc(F)c(Cl)c5)ncnc4[nH]3)c2)CC1. The Hall–Kier alpha value is -3.00. The molecule has 33 heavy (non-hydrogen) atoms. The Morgan fingerprint density at radius 2 is 1.85 bits per heavy atom. The van der Waals surface area contributed by atoms with Crippen LogP contribution in [0.2, 0.25) is 5.02 Å². The molecule has 170 valence electrons. The van der Waals surface area contributed by atoms with Crippen molar-refractivity contribution in [1.82, 2.24) is 24.8 Å². The highest BCUT2D eigenvalue weighted by Crippen LogP contribution is 2.30. The second-order valence-electron chi connectivity index (χ2n) is 8.33. The predicted octanol–water partition coefficient (Wildman–Crippen LogP) is 5.30. The monoisotopic (exact) mass is 464 g/mol. The van der Waals surface area contributed by atoms with Crippen LogP contribution in [0, 0.1) is 5.82 Å². The fourth-order valence-corrected chi connectivity index (χ4v) is 4.45. The smallest absolute Gasteiger partial charge is 0.143 e. The first-order valence-corrected chi connectivity index (χ1v) is 11.6. The van der Waals surface area contributed by atoms with E-state index in [1.54, 1.807) is 12.1 Å². The number of aromatic nitrogens is 3. The number of aromatic amines is 1. The summed E-state index contributed by atoms with van der Waals surface area (Å²) in [5.41, 5.74) is 4.77. The Morgan fingerprint density at radius 1 is 1.03 bits per heavy atom. The third-order valence-electron chi connectivity index (χ3n) is 6.16. The molecule has 4 aromatic rings. The molecule has 0 spiro atoms. The second kappa shape index (κ2) is 9.47.